The number of benzene rings is 1. The molecule has 1 atom stereocenters. The Labute approximate surface area is 188 Å². The summed E-state index contributed by atoms with van der Waals surface area (Å²) in [6.07, 6.45) is 5.64. The lowest BCUT2D eigenvalue weighted by atomic mass is 9.95. The molecule has 1 amide bonds. The van der Waals surface area contributed by atoms with Gasteiger partial charge in [0, 0.05) is 41.7 Å². The summed E-state index contributed by atoms with van der Waals surface area (Å²) in [6.45, 7) is 14.6. The Morgan fingerprint density at radius 2 is 1.97 bits per heavy atom. The fraction of sp³-hybridized carbons (Fsp3) is 0.522. The van der Waals surface area contributed by atoms with Crippen molar-refractivity contribution in [1.82, 2.24) is 9.80 Å². The molecule has 2 rings (SSSR count). The van der Waals surface area contributed by atoms with Crippen LogP contribution in [0.1, 0.15) is 57.7 Å². The lowest BCUT2D eigenvalue weighted by molar-refractivity contribution is 0.0103. The highest BCUT2D eigenvalue weighted by atomic mass is 79.9. The fourth-order valence-corrected chi connectivity index (χ4v) is 4.33. The summed E-state index contributed by atoms with van der Waals surface area (Å²) >= 11 is 10.0. The van der Waals surface area contributed by atoms with Gasteiger partial charge >= 0.3 is 6.09 Å². The summed E-state index contributed by atoms with van der Waals surface area (Å²) in [6, 6.07) is 6.25. The third kappa shape index (κ3) is 6.87. The van der Waals surface area contributed by atoms with E-state index in [1.807, 2.05) is 39.0 Å². The first-order chi connectivity index (χ1) is 13.7. The number of piperazine rings is 1. The van der Waals surface area contributed by atoms with E-state index >= 15 is 0 Å². The second kappa shape index (κ2) is 10.6. The smallest absolute Gasteiger partial charge is 0.410 e. The highest BCUT2D eigenvalue weighted by Crippen LogP contribution is 2.36. The van der Waals surface area contributed by atoms with Crippen LogP contribution in [-0.2, 0) is 4.74 Å². The molecule has 1 aliphatic rings. The zero-order valence-electron chi connectivity index (χ0n) is 17.9. The summed E-state index contributed by atoms with van der Waals surface area (Å²) in [4.78, 5) is 16.6. The molecule has 6 heteroatoms. The topological polar surface area (TPSA) is 32.8 Å². The van der Waals surface area contributed by atoms with Crippen molar-refractivity contribution in [2.75, 3.05) is 26.2 Å². The van der Waals surface area contributed by atoms with Gasteiger partial charge in [0.15, 0.2) is 0 Å². The Balaban J connectivity index is 2.21. The molecule has 29 heavy (non-hydrogen) atoms. The fourth-order valence-electron chi connectivity index (χ4n) is 3.49. The summed E-state index contributed by atoms with van der Waals surface area (Å²) in [7, 11) is 0. The summed E-state index contributed by atoms with van der Waals surface area (Å²) < 4.78 is 6.57. The van der Waals surface area contributed by atoms with Crippen molar-refractivity contribution in [3.63, 3.8) is 0 Å². The Hall–Kier alpha value is -1.30. The van der Waals surface area contributed by atoms with Crippen molar-refractivity contribution in [3.05, 3.63) is 53.1 Å². The van der Waals surface area contributed by atoms with Crippen LogP contribution >= 0.6 is 27.5 Å². The molecule has 0 radical (unpaired) electrons. The predicted octanol–water partition coefficient (Wildman–Crippen LogP) is 6.66. The van der Waals surface area contributed by atoms with E-state index in [1.165, 1.54) is 5.56 Å². The van der Waals surface area contributed by atoms with Gasteiger partial charge < -0.3 is 9.64 Å². The van der Waals surface area contributed by atoms with E-state index in [0.717, 1.165) is 41.0 Å². The standard InChI is InChI=1S/C23H32BrClN2O2/c1-6-8-20(24)19-16-17(25)10-11-18(19)21(9-7-2)26-12-14-27(15-13-26)22(28)29-23(3,4)5/h7-8,10-11,16,21H,2,6,9,12-15H2,1,3-5H3/b20-8+. The van der Waals surface area contributed by atoms with Gasteiger partial charge in [-0.1, -0.05) is 52.7 Å². The Bertz CT molecular complexity index is 750. The van der Waals surface area contributed by atoms with Crippen molar-refractivity contribution >= 4 is 38.1 Å². The van der Waals surface area contributed by atoms with Gasteiger partial charge in [0.1, 0.15) is 5.60 Å². The van der Waals surface area contributed by atoms with E-state index in [2.05, 4.69) is 46.5 Å². The zero-order chi connectivity index (χ0) is 21.6. The van der Waals surface area contributed by atoms with Gasteiger partial charge in [-0.2, -0.15) is 0 Å². The summed E-state index contributed by atoms with van der Waals surface area (Å²) in [5.41, 5.74) is 1.85. The molecule has 1 aliphatic heterocycles. The summed E-state index contributed by atoms with van der Waals surface area (Å²) in [5.74, 6) is 0. The van der Waals surface area contributed by atoms with Crippen LogP contribution in [0.5, 0.6) is 0 Å². The first-order valence-corrected chi connectivity index (χ1v) is 11.3. The van der Waals surface area contributed by atoms with Crippen LogP contribution in [0.25, 0.3) is 4.48 Å². The molecule has 1 aromatic carbocycles. The van der Waals surface area contributed by atoms with Crippen LogP contribution in [0.2, 0.25) is 5.02 Å². The molecule has 0 saturated carbocycles. The van der Waals surface area contributed by atoms with Crippen molar-refractivity contribution in [3.8, 4) is 0 Å². The molecule has 0 bridgehead atoms. The van der Waals surface area contributed by atoms with E-state index in [-0.39, 0.29) is 12.1 Å². The molecule has 1 unspecified atom stereocenters. The number of rotatable bonds is 6. The third-order valence-corrected chi connectivity index (χ3v) is 5.80. The SMILES string of the molecule is C=CCC(c1ccc(Cl)cc1/C(Br)=C\CC)N1CCN(C(=O)OC(C)(C)C)CC1. The van der Waals surface area contributed by atoms with Crippen LogP contribution in [0.4, 0.5) is 4.79 Å². The average molecular weight is 484 g/mol. The summed E-state index contributed by atoms with van der Waals surface area (Å²) in [5, 5.41) is 0.720. The average Bonchev–Trinajstić information content (AvgIpc) is 2.65. The van der Waals surface area contributed by atoms with Crippen LogP contribution in [0.3, 0.4) is 0 Å². The molecule has 160 valence electrons. The molecule has 1 aromatic rings. The molecule has 1 heterocycles. The minimum Gasteiger partial charge on any atom is -0.444 e. The number of allylic oxidation sites excluding steroid dienone is 1. The molecule has 0 aromatic heterocycles. The molecular formula is C23H32BrClN2O2. The van der Waals surface area contributed by atoms with Crippen molar-refractivity contribution < 1.29 is 9.53 Å². The van der Waals surface area contributed by atoms with E-state index in [0.29, 0.717) is 13.1 Å². The lowest BCUT2D eigenvalue weighted by Gasteiger charge is -2.40. The second-order valence-corrected chi connectivity index (χ2v) is 9.53. The lowest BCUT2D eigenvalue weighted by Crippen LogP contribution is -2.50. The number of carbonyl (C=O) groups excluding carboxylic acids is 1. The Morgan fingerprint density at radius 3 is 2.52 bits per heavy atom. The van der Waals surface area contributed by atoms with Crippen molar-refractivity contribution in [2.45, 2.75) is 52.2 Å². The van der Waals surface area contributed by atoms with Gasteiger partial charge in [-0.05, 0) is 56.9 Å². The number of hydrogen-bond donors (Lipinski definition) is 0. The largest absolute Gasteiger partial charge is 0.444 e. The minimum atomic E-state index is -0.476. The number of ether oxygens (including phenoxy) is 1. The van der Waals surface area contributed by atoms with Gasteiger partial charge in [0.2, 0.25) is 0 Å². The van der Waals surface area contributed by atoms with E-state index in [4.69, 9.17) is 16.3 Å². The number of carbonyl (C=O) groups is 1. The first-order valence-electron chi connectivity index (χ1n) is 10.1. The van der Waals surface area contributed by atoms with Crippen LogP contribution in [-0.4, -0.2) is 47.7 Å². The molecule has 0 N–H and O–H groups in total. The highest BCUT2D eigenvalue weighted by molar-refractivity contribution is 9.15. The second-order valence-electron chi connectivity index (χ2n) is 8.24. The molecule has 0 aliphatic carbocycles. The van der Waals surface area contributed by atoms with Gasteiger partial charge in [0.25, 0.3) is 0 Å². The van der Waals surface area contributed by atoms with Crippen molar-refractivity contribution in [1.29, 1.82) is 0 Å². The molecular weight excluding hydrogens is 452 g/mol. The number of nitrogens with zero attached hydrogens (tertiary/aromatic N) is 2. The molecule has 1 saturated heterocycles. The number of hydrogen-bond acceptors (Lipinski definition) is 3. The van der Waals surface area contributed by atoms with Crippen LogP contribution in [0, 0.1) is 0 Å². The maximum Gasteiger partial charge on any atom is 0.410 e. The number of halogens is 2. The quantitative estimate of drug-likeness (QED) is 0.424. The Morgan fingerprint density at radius 1 is 1.31 bits per heavy atom. The maximum atomic E-state index is 12.4. The van der Waals surface area contributed by atoms with Gasteiger partial charge in [-0.3, -0.25) is 4.90 Å². The minimum absolute atomic E-state index is 0.179. The van der Waals surface area contributed by atoms with Gasteiger partial charge in [-0.15, -0.1) is 6.58 Å². The van der Waals surface area contributed by atoms with Crippen molar-refractivity contribution in [2.24, 2.45) is 0 Å². The van der Waals surface area contributed by atoms with Crippen LogP contribution in [0.15, 0.2) is 36.9 Å². The monoisotopic (exact) mass is 482 g/mol. The van der Waals surface area contributed by atoms with Gasteiger partial charge in [0.05, 0.1) is 0 Å². The third-order valence-electron chi connectivity index (χ3n) is 4.81. The van der Waals surface area contributed by atoms with Gasteiger partial charge in [-0.25, -0.2) is 4.79 Å². The van der Waals surface area contributed by atoms with E-state index in [1.54, 1.807) is 4.90 Å². The van der Waals surface area contributed by atoms with E-state index < -0.39 is 5.60 Å². The maximum absolute atomic E-state index is 12.4. The number of amides is 1. The molecule has 4 nitrogen and oxygen atoms in total. The van der Waals surface area contributed by atoms with Crippen LogP contribution < -0.4 is 0 Å². The molecule has 0 spiro atoms. The first kappa shape index (κ1) is 24.0. The highest BCUT2D eigenvalue weighted by Gasteiger charge is 2.30. The normalized spacial score (nSPS) is 17.2. The molecule has 1 fully saturated rings. The van der Waals surface area contributed by atoms with E-state index in [9.17, 15) is 4.79 Å². The predicted molar refractivity (Wildman–Crippen MR) is 126 cm³/mol. The zero-order valence-corrected chi connectivity index (χ0v) is 20.2. The Kier molecular flexibility index (Phi) is 8.80.